The molecule has 0 aliphatic heterocycles. The van der Waals surface area contributed by atoms with Gasteiger partial charge < -0.3 is 10.2 Å². The number of thiophene rings is 1. The van der Waals surface area contributed by atoms with Crippen molar-refractivity contribution >= 4 is 51.3 Å². The van der Waals surface area contributed by atoms with Gasteiger partial charge in [0.25, 0.3) is 0 Å². The van der Waals surface area contributed by atoms with Crippen LogP contribution in [0.1, 0.15) is 0 Å². The Morgan fingerprint density at radius 2 is 2.06 bits per heavy atom. The Morgan fingerprint density at radius 1 is 1.24 bits per heavy atom. The van der Waals surface area contributed by atoms with Gasteiger partial charge in [-0.05, 0) is 18.2 Å². The van der Waals surface area contributed by atoms with E-state index in [1.807, 2.05) is 6.07 Å². The van der Waals surface area contributed by atoms with Gasteiger partial charge in [-0.1, -0.05) is 23.2 Å². The predicted octanol–water partition coefficient (Wildman–Crippen LogP) is 4.45. The molecule has 0 aliphatic carbocycles. The van der Waals surface area contributed by atoms with Crippen LogP contribution >= 0.6 is 34.5 Å². The molecule has 2 aromatic heterocycles. The zero-order valence-corrected chi connectivity index (χ0v) is 10.7. The molecule has 0 unspecified atom stereocenters. The number of nitrogens with two attached hydrogens (primary N) is 1. The van der Waals surface area contributed by atoms with Gasteiger partial charge in [-0.15, -0.1) is 11.3 Å². The highest BCUT2D eigenvalue weighted by molar-refractivity contribution is 7.19. The topological polar surface area (TPSA) is 52.0 Å². The molecule has 86 valence electrons. The number of nitrogen functional groups attached to an aromatic ring is 1. The molecule has 0 fully saturated rings. The highest BCUT2D eigenvalue weighted by Crippen LogP contribution is 2.34. The zero-order valence-electron chi connectivity index (χ0n) is 8.41. The second-order valence-electron chi connectivity index (χ2n) is 3.46. The van der Waals surface area contributed by atoms with E-state index in [2.05, 4.69) is 4.98 Å². The lowest BCUT2D eigenvalue weighted by molar-refractivity contribution is 0.622. The fraction of sp³-hybridized carbons (Fsp3) is 0. The maximum Gasteiger partial charge on any atom is 0.237 e. The van der Waals surface area contributed by atoms with Crippen molar-refractivity contribution in [2.75, 3.05) is 5.73 Å². The van der Waals surface area contributed by atoms with Gasteiger partial charge in [0.1, 0.15) is 5.52 Å². The number of aromatic nitrogens is 1. The molecule has 2 N–H and O–H groups in total. The standard InChI is InChI=1S/C11H6Cl2N2OS/c12-5-3-7-8(4-6(5)14)16-11(15-7)9-1-2-10(13)17-9/h1-4H,14H2. The molecular formula is C11H6Cl2N2OS. The van der Waals surface area contributed by atoms with Crippen LogP contribution in [0.15, 0.2) is 28.7 Å². The molecule has 17 heavy (non-hydrogen) atoms. The van der Waals surface area contributed by atoms with Gasteiger partial charge in [-0.25, -0.2) is 4.98 Å². The van der Waals surface area contributed by atoms with Crippen molar-refractivity contribution in [1.29, 1.82) is 0 Å². The van der Waals surface area contributed by atoms with Gasteiger partial charge in [-0.3, -0.25) is 0 Å². The first-order valence-corrected chi connectivity index (χ1v) is 6.32. The van der Waals surface area contributed by atoms with Crippen molar-refractivity contribution < 1.29 is 4.42 Å². The van der Waals surface area contributed by atoms with E-state index in [9.17, 15) is 0 Å². The van der Waals surface area contributed by atoms with Gasteiger partial charge in [0, 0.05) is 6.07 Å². The molecule has 0 spiro atoms. The third-order valence-corrected chi connectivity index (χ3v) is 3.84. The SMILES string of the molecule is Nc1cc2oc(-c3ccc(Cl)s3)nc2cc1Cl. The molecule has 0 saturated carbocycles. The van der Waals surface area contributed by atoms with Crippen molar-refractivity contribution in [2.24, 2.45) is 0 Å². The summed E-state index contributed by atoms with van der Waals surface area (Å²) < 4.78 is 6.30. The Morgan fingerprint density at radius 3 is 2.76 bits per heavy atom. The summed E-state index contributed by atoms with van der Waals surface area (Å²) in [6.07, 6.45) is 0. The fourth-order valence-corrected chi connectivity index (χ4v) is 2.63. The van der Waals surface area contributed by atoms with Crippen LogP contribution in [0, 0.1) is 0 Å². The molecule has 3 rings (SSSR count). The molecule has 0 atom stereocenters. The minimum atomic E-state index is 0.474. The molecule has 0 bridgehead atoms. The number of nitrogens with zero attached hydrogens (tertiary/aromatic N) is 1. The number of hydrogen-bond donors (Lipinski definition) is 1. The van der Waals surface area contributed by atoms with Crippen molar-refractivity contribution in [3.8, 4) is 10.8 Å². The van der Waals surface area contributed by atoms with Crippen LogP contribution in [0.3, 0.4) is 0 Å². The number of fused-ring (bicyclic) bond motifs is 1. The van der Waals surface area contributed by atoms with Crippen molar-refractivity contribution in [2.45, 2.75) is 0 Å². The van der Waals surface area contributed by atoms with E-state index < -0.39 is 0 Å². The van der Waals surface area contributed by atoms with Crippen molar-refractivity contribution in [3.63, 3.8) is 0 Å². The summed E-state index contributed by atoms with van der Waals surface area (Å²) in [6.45, 7) is 0. The summed E-state index contributed by atoms with van der Waals surface area (Å²) >= 11 is 13.2. The van der Waals surface area contributed by atoms with Crippen molar-refractivity contribution in [1.82, 2.24) is 4.98 Å². The molecule has 3 nitrogen and oxygen atoms in total. The minimum absolute atomic E-state index is 0.474. The van der Waals surface area contributed by atoms with E-state index in [0.717, 1.165) is 4.88 Å². The Bertz CT molecular complexity index is 666. The van der Waals surface area contributed by atoms with Crippen LogP contribution in [0.25, 0.3) is 21.9 Å². The number of benzene rings is 1. The van der Waals surface area contributed by atoms with Crippen LogP contribution in [-0.2, 0) is 0 Å². The summed E-state index contributed by atoms with van der Waals surface area (Å²) in [5, 5.41) is 0.474. The fourth-order valence-electron chi connectivity index (χ4n) is 1.50. The first-order valence-electron chi connectivity index (χ1n) is 4.75. The Labute approximate surface area is 111 Å². The minimum Gasteiger partial charge on any atom is -0.435 e. The predicted molar refractivity (Wildman–Crippen MR) is 71.8 cm³/mol. The summed E-state index contributed by atoms with van der Waals surface area (Å²) in [5.41, 5.74) is 7.48. The maximum absolute atomic E-state index is 5.92. The Hall–Kier alpha value is -1.23. The Balaban J connectivity index is 2.19. The molecule has 6 heteroatoms. The van der Waals surface area contributed by atoms with Crippen LogP contribution < -0.4 is 5.73 Å². The zero-order chi connectivity index (χ0) is 12.0. The molecule has 1 aromatic carbocycles. The highest BCUT2D eigenvalue weighted by Gasteiger charge is 2.11. The van der Waals surface area contributed by atoms with Crippen LogP contribution in [-0.4, -0.2) is 4.98 Å². The normalized spacial score (nSPS) is 11.2. The van der Waals surface area contributed by atoms with E-state index in [-0.39, 0.29) is 0 Å². The number of halogens is 2. The molecule has 0 radical (unpaired) electrons. The third kappa shape index (κ3) is 1.88. The van der Waals surface area contributed by atoms with E-state index in [1.54, 1.807) is 18.2 Å². The quantitative estimate of drug-likeness (QED) is 0.672. The Kier molecular flexibility index (Phi) is 2.50. The number of anilines is 1. The van der Waals surface area contributed by atoms with E-state index in [1.165, 1.54) is 11.3 Å². The lowest BCUT2D eigenvalue weighted by atomic mass is 10.3. The summed E-state index contributed by atoms with van der Waals surface area (Å²) in [6, 6.07) is 7.03. The van der Waals surface area contributed by atoms with Gasteiger partial charge in [0.05, 0.1) is 19.9 Å². The number of hydrogen-bond acceptors (Lipinski definition) is 4. The molecule has 0 amide bonds. The second-order valence-corrected chi connectivity index (χ2v) is 5.59. The van der Waals surface area contributed by atoms with E-state index in [4.69, 9.17) is 33.4 Å². The van der Waals surface area contributed by atoms with Crippen LogP contribution in [0.5, 0.6) is 0 Å². The monoisotopic (exact) mass is 284 g/mol. The average Bonchev–Trinajstić information content (AvgIpc) is 2.85. The first kappa shape index (κ1) is 10.9. The molecule has 0 saturated heterocycles. The van der Waals surface area contributed by atoms with Gasteiger partial charge in [0.2, 0.25) is 5.89 Å². The smallest absolute Gasteiger partial charge is 0.237 e. The lowest BCUT2D eigenvalue weighted by Gasteiger charge is -1.94. The van der Waals surface area contributed by atoms with E-state index in [0.29, 0.717) is 32.0 Å². The largest absolute Gasteiger partial charge is 0.435 e. The summed E-state index contributed by atoms with van der Waals surface area (Å²) in [7, 11) is 0. The van der Waals surface area contributed by atoms with Gasteiger partial charge in [0.15, 0.2) is 5.58 Å². The lowest BCUT2D eigenvalue weighted by Crippen LogP contribution is -1.84. The average molecular weight is 285 g/mol. The summed E-state index contributed by atoms with van der Waals surface area (Å²) in [4.78, 5) is 5.22. The number of rotatable bonds is 1. The van der Waals surface area contributed by atoms with Gasteiger partial charge >= 0.3 is 0 Å². The molecular weight excluding hydrogens is 279 g/mol. The van der Waals surface area contributed by atoms with Gasteiger partial charge in [-0.2, -0.15) is 0 Å². The first-order chi connectivity index (χ1) is 8.13. The maximum atomic E-state index is 5.92. The molecule has 0 aliphatic rings. The summed E-state index contributed by atoms with van der Waals surface area (Å²) in [5.74, 6) is 0.526. The van der Waals surface area contributed by atoms with E-state index >= 15 is 0 Å². The molecule has 3 aromatic rings. The van der Waals surface area contributed by atoms with Crippen LogP contribution in [0.4, 0.5) is 5.69 Å². The molecule has 2 heterocycles. The number of oxazole rings is 1. The third-order valence-electron chi connectivity index (χ3n) is 2.29. The van der Waals surface area contributed by atoms with Crippen molar-refractivity contribution in [3.05, 3.63) is 33.6 Å². The second kappa shape index (κ2) is 3.91. The van der Waals surface area contributed by atoms with Crippen LogP contribution in [0.2, 0.25) is 9.36 Å². The highest BCUT2D eigenvalue weighted by atomic mass is 35.5.